The Morgan fingerprint density at radius 1 is 1.44 bits per heavy atom. The highest BCUT2D eigenvalue weighted by atomic mass is 79.9. The monoisotopic (exact) mass is 283 g/mol. The van der Waals surface area contributed by atoms with E-state index in [1.165, 1.54) is 0 Å². The van der Waals surface area contributed by atoms with Crippen molar-refractivity contribution in [1.29, 1.82) is 0 Å². The molecule has 1 amide bonds. The molecule has 1 N–H and O–H groups in total. The van der Waals surface area contributed by atoms with Gasteiger partial charge in [-0.05, 0) is 17.7 Å². The molecule has 0 fully saturated rings. The van der Waals surface area contributed by atoms with E-state index in [-0.39, 0.29) is 5.91 Å². The van der Waals surface area contributed by atoms with Crippen molar-refractivity contribution in [3.8, 4) is 5.75 Å². The van der Waals surface area contributed by atoms with E-state index in [0.717, 1.165) is 15.8 Å². The fraction of sp³-hybridized carbons (Fsp3) is 0.250. The number of ether oxygens (including phenoxy) is 1. The molecule has 0 aliphatic carbocycles. The SMILES string of the molecule is C=C(Br)CNC(=O)Cc1ccc(OC)cc1. The van der Waals surface area contributed by atoms with Gasteiger partial charge in [0, 0.05) is 11.0 Å². The largest absolute Gasteiger partial charge is 0.497 e. The van der Waals surface area contributed by atoms with Gasteiger partial charge in [0.15, 0.2) is 0 Å². The van der Waals surface area contributed by atoms with E-state index in [1.54, 1.807) is 7.11 Å². The summed E-state index contributed by atoms with van der Waals surface area (Å²) in [5.74, 6) is 0.767. The van der Waals surface area contributed by atoms with Gasteiger partial charge in [0.05, 0.1) is 13.5 Å². The molecule has 0 radical (unpaired) electrons. The number of carbonyl (C=O) groups excluding carboxylic acids is 1. The first kappa shape index (κ1) is 12.8. The quantitative estimate of drug-likeness (QED) is 0.900. The van der Waals surface area contributed by atoms with Crippen molar-refractivity contribution in [2.75, 3.05) is 13.7 Å². The van der Waals surface area contributed by atoms with E-state index in [0.29, 0.717) is 13.0 Å². The summed E-state index contributed by atoms with van der Waals surface area (Å²) in [6, 6.07) is 7.43. The average Bonchev–Trinajstić information content (AvgIpc) is 2.27. The van der Waals surface area contributed by atoms with Gasteiger partial charge in [-0.15, -0.1) is 0 Å². The van der Waals surface area contributed by atoms with Crippen molar-refractivity contribution >= 4 is 21.8 Å². The number of nitrogens with one attached hydrogen (secondary N) is 1. The van der Waals surface area contributed by atoms with Crippen LogP contribution in [0.25, 0.3) is 0 Å². The number of carbonyl (C=O) groups is 1. The highest BCUT2D eigenvalue weighted by molar-refractivity contribution is 9.11. The molecule has 86 valence electrons. The Kier molecular flexibility index (Phi) is 5.05. The van der Waals surface area contributed by atoms with Crippen LogP contribution in [-0.4, -0.2) is 19.6 Å². The zero-order chi connectivity index (χ0) is 12.0. The fourth-order valence-electron chi connectivity index (χ4n) is 1.19. The van der Waals surface area contributed by atoms with E-state index >= 15 is 0 Å². The first-order valence-electron chi connectivity index (χ1n) is 4.84. The minimum absolute atomic E-state index is 0.0224. The Morgan fingerprint density at radius 2 is 2.06 bits per heavy atom. The molecule has 0 aliphatic heterocycles. The number of amides is 1. The number of methoxy groups -OCH3 is 1. The molecule has 1 aromatic carbocycles. The van der Waals surface area contributed by atoms with Crippen molar-refractivity contribution in [2.24, 2.45) is 0 Å². The number of halogens is 1. The van der Waals surface area contributed by atoms with Gasteiger partial charge in [-0.2, -0.15) is 0 Å². The van der Waals surface area contributed by atoms with Crippen molar-refractivity contribution in [3.05, 3.63) is 40.9 Å². The van der Waals surface area contributed by atoms with E-state index in [1.807, 2.05) is 24.3 Å². The lowest BCUT2D eigenvalue weighted by molar-refractivity contribution is -0.120. The molecule has 0 spiro atoms. The van der Waals surface area contributed by atoms with Crippen LogP contribution in [0.4, 0.5) is 0 Å². The Balaban J connectivity index is 2.46. The van der Waals surface area contributed by atoms with Crippen LogP contribution in [0, 0.1) is 0 Å². The highest BCUT2D eigenvalue weighted by Crippen LogP contribution is 2.11. The predicted molar refractivity (Wildman–Crippen MR) is 67.8 cm³/mol. The third-order valence-corrected chi connectivity index (χ3v) is 2.28. The van der Waals surface area contributed by atoms with Crippen LogP contribution in [0.5, 0.6) is 5.75 Å². The van der Waals surface area contributed by atoms with Crippen molar-refractivity contribution < 1.29 is 9.53 Å². The zero-order valence-corrected chi connectivity index (χ0v) is 10.7. The lowest BCUT2D eigenvalue weighted by Crippen LogP contribution is -2.25. The fourth-order valence-corrected chi connectivity index (χ4v) is 1.33. The van der Waals surface area contributed by atoms with Crippen LogP contribution in [0.15, 0.2) is 35.3 Å². The topological polar surface area (TPSA) is 38.3 Å². The van der Waals surface area contributed by atoms with Crippen LogP contribution in [0.3, 0.4) is 0 Å². The summed E-state index contributed by atoms with van der Waals surface area (Å²) in [6.45, 7) is 4.10. The molecule has 0 saturated heterocycles. The van der Waals surface area contributed by atoms with Gasteiger partial charge in [0.2, 0.25) is 5.91 Å². The molecule has 0 aromatic heterocycles. The predicted octanol–water partition coefficient (Wildman–Crippen LogP) is 2.26. The molecule has 0 bridgehead atoms. The standard InChI is InChI=1S/C12H14BrNO2/c1-9(13)8-14-12(15)7-10-3-5-11(16-2)6-4-10/h3-6H,1,7-8H2,2H3,(H,14,15). The smallest absolute Gasteiger partial charge is 0.224 e. The molecule has 0 atom stereocenters. The van der Waals surface area contributed by atoms with Gasteiger partial charge in [-0.1, -0.05) is 34.6 Å². The zero-order valence-electron chi connectivity index (χ0n) is 9.13. The summed E-state index contributed by atoms with van der Waals surface area (Å²) in [5.41, 5.74) is 0.957. The van der Waals surface area contributed by atoms with Crippen LogP contribution < -0.4 is 10.1 Å². The van der Waals surface area contributed by atoms with E-state index in [4.69, 9.17) is 4.74 Å². The first-order valence-corrected chi connectivity index (χ1v) is 5.64. The van der Waals surface area contributed by atoms with Crippen LogP contribution in [0.1, 0.15) is 5.56 Å². The number of hydrogen-bond acceptors (Lipinski definition) is 2. The maximum absolute atomic E-state index is 11.5. The summed E-state index contributed by atoms with van der Waals surface area (Å²) in [7, 11) is 1.61. The maximum Gasteiger partial charge on any atom is 0.224 e. The van der Waals surface area contributed by atoms with Crippen molar-refractivity contribution in [2.45, 2.75) is 6.42 Å². The molecule has 3 nitrogen and oxygen atoms in total. The molecule has 0 aliphatic rings. The molecule has 0 heterocycles. The number of hydrogen-bond donors (Lipinski definition) is 1. The Hall–Kier alpha value is -1.29. The minimum Gasteiger partial charge on any atom is -0.497 e. The summed E-state index contributed by atoms with van der Waals surface area (Å²) < 4.78 is 5.79. The van der Waals surface area contributed by atoms with Crippen LogP contribution in [-0.2, 0) is 11.2 Å². The van der Waals surface area contributed by atoms with E-state index in [9.17, 15) is 4.79 Å². The molecule has 4 heteroatoms. The van der Waals surface area contributed by atoms with Gasteiger partial charge >= 0.3 is 0 Å². The second kappa shape index (κ2) is 6.33. The van der Waals surface area contributed by atoms with Gasteiger partial charge in [0.1, 0.15) is 5.75 Å². The third kappa shape index (κ3) is 4.49. The molecule has 1 rings (SSSR count). The molecule has 1 aromatic rings. The normalized spacial score (nSPS) is 9.62. The lowest BCUT2D eigenvalue weighted by atomic mass is 10.1. The van der Waals surface area contributed by atoms with Gasteiger partial charge < -0.3 is 10.1 Å². The van der Waals surface area contributed by atoms with E-state index in [2.05, 4.69) is 27.8 Å². The Labute approximate surface area is 104 Å². The molecular weight excluding hydrogens is 270 g/mol. The second-order valence-corrected chi connectivity index (χ2v) is 4.44. The van der Waals surface area contributed by atoms with Crippen molar-refractivity contribution in [1.82, 2.24) is 5.32 Å². The molecule has 16 heavy (non-hydrogen) atoms. The van der Waals surface area contributed by atoms with Gasteiger partial charge in [-0.3, -0.25) is 4.79 Å². The van der Waals surface area contributed by atoms with Crippen LogP contribution in [0.2, 0.25) is 0 Å². The lowest BCUT2D eigenvalue weighted by Gasteiger charge is -2.05. The minimum atomic E-state index is -0.0224. The van der Waals surface area contributed by atoms with E-state index < -0.39 is 0 Å². The summed E-state index contributed by atoms with van der Waals surface area (Å²) in [6.07, 6.45) is 0.365. The van der Waals surface area contributed by atoms with Crippen LogP contribution >= 0.6 is 15.9 Å². The summed E-state index contributed by atoms with van der Waals surface area (Å²) >= 11 is 3.18. The Morgan fingerprint density at radius 3 is 2.56 bits per heavy atom. The Bertz CT molecular complexity index is 373. The average molecular weight is 284 g/mol. The number of benzene rings is 1. The van der Waals surface area contributed by atoms with Gasteiger partial charge in [-0.25, -0.2) is 0 Å². The molecule has 0 saturated carbocycles. The summed E-state index contributed by atoms with van der Waals surface area (Å²) in [4.78, 5) is 11.5. The summed E-state index contributed by atoms with van der Waals surface area (Å²) in [5, 5.41) is 2.74. The molecule has 0 unspecified atom stereocenters. The first-order chi connectivity index (χ1) is 7.61. The second-order valence-electron chi connectivity index (χ2n) is 3.32. The third-order valence-electron chi connectivity index (χ3n) is 2.00. The maximum atomic E-state index is 11.5. The van der Waals surface area contributed by atoms with Crippen molar-refractivity contribution in [3.63, 3.8) is 0 Å². The molecular formula is C12H14BrNO2. The highest BCUT2D eigenvalue weighted by Gasteiger charge is 2.03. The number of rotatable bonds is 5. The van der Waals surface area contributed by atoms with Gasteiger partial charge in [0.25, 0.3) is 0 Å².